The summed E-state index contributed by atoms with van der Waals surface area (Å²) in [5.41, 5.74) is 1.04. The average molecular weight is 342 g/mol. The Morgan fingerprint density at radius 1 is 1.08 bits per heavy atom. The molecular formula is C20H26N2O3. The van der Waals surface area contributed by atoms with E-state index in [4.69, 9.17) is 9.47 Å². The lowest BCUT2D eigenvalue weighted by Gasteiger charge is -2.23. The number of hydrogen-bond acceptors (Lipinski definition) is 4. The molecule has 0 aromatic heterocycles. The fourth-order valence-electron chi connectivity index (χ4n) is 2.30. The molecule has 0 spiro atoms. The fraction of sp³-hybridized carbons (Fsp3) is 0.350. The van der Waals surface area contributed by atoms with Crippen LogP contribution < -0.4 is 14.8 Å². The third-order valence-corrected chi connectivity index (χ3v) is 4.12. The second-order valence-corrected chi connectivity index (χ2v) is 5.88. The number of nitrogens with one attached hydrogen (secondary N) is 1. The van der Waals surface area contributed by atoms with Gasteiger partial charge in [0.2, 0.25) is 5.91 Å². The third kappa shape index (κ3) is 6.12. The maximum atomic E-state index is 12.3. The Labute approximate surface area is 149 Å². The molecule has 25 heavy (non-hydrogen) atoms. The molecule has 2 aromatic rings. The summed E-state index contributed by atoms with van der Waals surface area (Å²) in [6.45, 7) is 3.61. The molecule has 0 saturated heterocycles. The predicted octanol–water partition coefficient (Wildman–Crippen LogP) is 2.71. The zero-order valence-electron chi connectivity index (χ0n) is 15.1. The number of rotatable bonds is 9. The van der Waals surface area contributed by atoms with Gasteiger partial charge in [0, 0.05) is 13.1 Å². The highest BCUT2D eigenvalue weighted by molar-refractivity contribution is 5.81. The molecule has 1 atom stereocenters. The van der Waals surface area contributed by atoms with E-state index in [1.807, 2.05) is 73.5 Å². The van der Waals surface area contributed by atoms with Crippen LogP contribution in [0.3, 0.4) is 0 Å². The predicted molar refractivity (Wildman–Crippen MR) is 98.9 cm³/mol. The number of carbonyl (C=O) groups excluding carboxylic acids is 1. The molecule has 0 fully saturated rings. The molecule has 0 bridgehead atoms. The number of likely N-dealkylation sites (N-methyl/N-ethyl adjacent to an activating group) is 1. The Morgan fingerprint density at radius 3 is 2.40 bits per heavy atom. The Hall–Kier alpha value is -2.53. The van der Waals surface area contributed by atoms with Crippen LogP contribution in [-0.2, 0) is 11.3 Å². The average Bonchev–Trinajstić information content (AvgIpc) is 2.66. The maximum absolute atomic E-state index is 12.3. The molecule has 2 rings (SSSR count). The summed E-state index contributed by atoms with van der Waals surface area (Å²) in [7, 11) is 3.56. The van der Waals surface area contributed by atoms with E-state index in [0.717, 1.165) is 17.1 Å². The standard InChI is InChI=1S/C20H26N2O3/c1-16(22(2)13-14-25-19-7-5-4-6-8-19)20(23)21-15-17-9-11-18(24-3)12-10-17/h4-12,16H,13-15H2,1-3H3,(H,21,23)/t16-/m0/s1. The second-order valence-electron chi connectivity index (χ2n) is 5.88. The first-order valence-electron chi connectivity index (χ1n) is 8.39. The minimum atomic E-state index is -0.224. The van der Waals surface area contributed by atoms with Gasteiger partial charge in [-0.05, 0) is 43.8 Å². The van der Waals surface area contributed by atoms with Crippen molar-refractivity contribution in [3.05, 3.63) is 60.2 Å². The van der Waals surface area contributed by atoms with E-state index >= 15 is 0 Å². The summed E-state index contributed by atoms with van der Waals surface area (Å²) < 4.78 is 10.8. The van der Waals surface area contributed by atoms with Crippen molar-refractivity contribution in [2.75, 3.05) is 27.3 Å². The summed E-state index contributed by atoms with van der Waals surface area (Å²) in [4.78, 5) is 14.3. The first kappa shape index (κ1) is 18.8. The van der Waals surface area contributed by atoms with E-state index in [-0.39, 0.29) is 11.9 Å². The van der Waals surface area contributed by atoms with Crippen LogP contribution in [0.2, 0.25) is 0 Å². The minimum Gasteiger partial charge on any atom is -0.497 e. The lowest BCUT2D eigenvalue weighted by molar-refractivity contribution is -0.125. The van der Waals surface area contributed by atoms with Gasteiger partial charge in [0.15, 0.2) is 0 Å². The van der Waals surface area contributed by atoms with Gasteiger partial charge in [-0.2, -0.15) is 0 Å². The minimum absolute atomic E-state index is 0.00182. The summed E-state index contributed by atoms with van der Waals surface area (Å²) in [5.74, 6) is 1.65. The van der Waals surface area contributed by atoms with Gasteiger partial charge in [-0.15, -0.1) is 0 Å². The van der Waals surface area contributed by atoms with Crippen LogP contribution in [0, 0.1) is 0 Å². The van der Waals surface area contributed by atoms with Gasteiger partial charge in [0.1, 0.15) is 18.1 Å². The van der Waals surface area contributed by atoms with Crippen molar-refractivity contribution in [1.82, 2.24) is 10.2 Å². The maximum Gasteiger partial charge on any atom is 0.237 e. The monoisotopic (exact) mass is 342 g/mol. The molecule has 0 saturated carbocycles. The molecule has 0 radical (unpaired) electrons. The van der Waals surface area contributed by atoms with Crippen LogP contribution >= 0.6 is 0 Å². The van der Waals surface area contributed by atoms with Crippen LogP contribution in [-0.4, -0.2) is 44.2 Å². The summed E-state index contributed by atoms with van der Waals surface area (Å²) >= 11 is 0. The molecule has 0 aliphatic carbocycles. The number of nitrogens with zero attached hydrogens (tertiary/aromatic N) is 1. The van der Waals surface area contributed by atoms with E-state index in [9.17, 15) is 4.79 Å². The van der Waals surface area contributed by atoms with Crippen molar-refractivity contribution in [2.45, 2.75) is 19.5 Å². The Bertz CT molecular complexity index is 644. The summed E-state index contributed by atoms with van der Waals surface area (Å²) in [6, 6.07) is 17.1. The van der Waals surface area contributed by atoms with Crippen molar-refractivity contribution in [3.63, 3.8) is 0 Å². The van der Waals surface area contributed by atoms with Crippen LogP contribution in [0.1, 0.15) is 12.5 Å². The SMILES string of the molecule is COc1ccc(CNC(=O)[C@H](C)N(C)CCOc2ccccc2)cc1. The van der Waals surface area contributed by atoms with Crippen LogP contribution in [0.4, 0.5) is 0 Å². The van der Waals surface area contributed by atoms with Crippen molar-refractivity contribution in [1.29, 1.82) is 0 Å². The molecule has 134 valence electrons. The molecule has 2 aromatic carbocycles. The molecular weight excluding hydrogens is 316 g/mol. The van der Waals surface area contributed by atoms with Gasteiger partial charge in [-0.3, -0.25) is 9.69 Å². The zero-order chi connectivity index (χ0) is 18.1. The van der Waals surface area contributed by atoms with E-state index in [0.29, 0.717) is 19.7 Å². The quantitative estimate of drug-likeness (QED) is 0.761. The largest absolute Gasteiger partial charge is 0.497 e. The highest BCUT2D eigenvalue weighted by atomic mass is 16.5. The second kappa shape index (κ2) is 9.69. The Kier molecular flexibility index (Phi) is 7.29. The number of ether oxygens (including phenoxy) is 2. The molecule has 5 heteroatoms. The number of amides is 1. The van der Waals surface area contributed by atoms with Gasteiger partial charge in [-0.1, -0.05) is 30.3 Å². The highest BCUT2D eigenvalue weighted by Crippen LogP contribution is 2.11. The number of hydrogen-bond donors (Lipinski definition) is 1. The van der Waals surface area contributed by atoms with Crippen molar-refractivity contribution in [3.8, 4) is 11.5 Å². The Balaban J connectivity index is 1.72. The van der Waals surface area contributed by atoms with E-state index in [1.54, 1.807) is 7.11 Å². The van der Waals surface area contributed by atoms with Crippen LogP contribution in [0.15, 0.2) is 54.6 Å². The first-order valence-corrected chi connectivity index (χ1v) is 8.39. The van der Waals surface area contributed by atoms with Crippen LogP contribution in [0.5, 0.6) is 11.5 Å². The molecule has 1 N–H and O–H groups in total. The fourth-order valence-corrected chi connectivity index (χ4v) is 2.30. The normalized spacial score (nSPS) is 11.8. The number of methoxy groups -OCH3 is 1. The molecule has 1 amide bonds. The first-order chi connectivity index (χ1) is 12.1. The van der Waals surface area contributed by atoms with E-state index in [1.165, 1.54) is 0 Å². The molecule has 0 aliphatic heterocycles. The number of benzene rings is 2. The smallest absolute Gasteiger partial charge is 0.237 e. The van der Waals surface area contributed by atoms with Crippen molar-refractivity contribution < 1.29 is 14.3 Å². The lowest BCUT2D eigenvalue weighted by Crippen LogP contribution is -2.44. The Morgan fingerprint density at radius 2 is 1.76 bits per heavy atom. The molecule has 0 aliphatic rings. The number of carbonyl (C=O) groups is 1. The lowest BCUT2D eigenvalue weighted by atomic mass is 10.2. The van der Waals surface area contributed by atoms with Gasteiger partial charge >= 0.3 is 0 Å². The van der Waals surface area contributed by atoms with Gasteiger partial charge in [0.05, 0.1) is 13.2 Å². The zero-order valence-corrected chi connectivity index (χ0v) is 15.1. The van der Waals surface area contributed by atoms with Gasteiger partial charge in [0.25, 0.3) is 0 Å². The summed E-state index contributed by atoms with van der Waals surface area (Å²) in [6.07, 6.45) is 0. The van der Waals surface area contributed by atoms with E-state index in [2.05, 4.69) is 5.32 Å². The number of para-hydroxylation sites is 1. The highest BCUT2D eigenvalue weighted by Gasteiger charge is 2.17. The third-order valence-electron chi connectivity index (χ3n) is 4.12. The van der Waals surface area contributed by atoms with Crippen molar-refractivity contribution in [2.24, 2.45) is 0 Å². The topological polar surface area (TPSA) is 50.8 Å². The molecule has 5 nitrogen and oxygen atoms in total. The van der Waals surface area contributed by atoms with Gasteiger partial charge < -0.3 is 14.8 Å². The van der Waals surface area contributed by atoms with Crippen LogP contribution in [0.25, 0.3) is 0 Å². The van der Waals surface area contributed by atoms with E-state index < -0.39 is 0 Å². The van der Waals surface area contributed by atoms with Crippen molar-refractivity contribution >= 4 is 5.91 Å². The molecule has 0 unspecified atom stereocenters. The van der Waals surface area contributed by atoms with Gasteiger partial charge in [-0.25, -0.2) is 0 Å². The summed E-state index contributed by atoms with van der Waals surface area (Å²) in [5, 5.41) is 2.96. The molecule has 0 heterocycles.